The molecule has 1 aromatic rings. The molecule has 2 nitrogen and oxygen atoms in total. The Bertz CT molecular complexity index is 444. The highest BCUT2D eigenvalue weighted by Gasteiger charge is 2.36. The Hall–Kier alpha value is -0.860. The van der Waals surface area contributed by atoms with E-state index in [9.17, 15) is 0 Å². The van der Waals surface area contributed by atoms with E-state index in [0.29, 0.717) is 18.0 Å². The van der Waals surface area contributed by atoms with E-state index in [4.69, 9.17) is 5.73 Å². The van der Waals surface area contributed by atoms with Gasteiger partial charge in [-0.25, -0.2) is 0 Å². The van der Waals surface area contributed by atoms with Crippen molar-refractivity contribution in [3.05, 3.63) is 33.9 Å². The van der Waals surface area contributed by atoms with Crippen LogP contribution < -0.4 is 5.73 Å². The van der Waals surface area contributed by atoms with Crippen LogP contribution in [0.5, 0.6) is 0 Å². The van der Waals surface area contributed by atoms with E-state index >= 15 is 0 Å². The van der Waals surface area contributed by atoms with Crippen LogP contribution in [0.25, 0.3) is 0 Å². The largest absolute Gasteiger partial charge is 0.328 e. The van der Waals surface area contributed by atoms with E-state index in [2.05, 4.69) is 52.8 Å². The standard InChI is InChI=1S/C17H28N2/c1-10-7-11(2)13(4)16(12(10)3)17(19(5)6)14-8-15(18)9-14/h7,14-15,17H,8-9,18H2,1-6H3. The molecule has 0 heterocycles. The van der Waals surface area contributed by atoms with Crippen molar-refractivity contribution in [2.24, 2.45) is 11.7 Å². The zero-order valence-corrected chi connectivity index (χ0v) is 13.2. The van der Waals surface area contributed by atoms with Gasteiger partial charge < -0.3 is 10.6 Å². The maximum absolute atomic E-state index is 6.00. The summed E-state index contributed by atoms with van der Waals surface area (Å²) < 4.78 is 0. The second-order valence-corrected chi connectivity index (χ2v) is 6.57. The van der Waals surface area contributed by atoms with Gasteiger partial charge in [-0.15, -0.1) is 0 Å². The number of hydrogen-bond donors (Lipinski definition) is 1. The van der Waals surface area contributed by atoms with Gasteiger partial charge in [0, 0.05) is 12.1 Å². The van der Waals surface area contributed by atoms with Gasteiger partial charge in [0.05, 0.1) is 0 Å². The summed E-state index contributed by atoms with van der Waals surface area (Å²) in [6.45, 7) is 8.99. The molecular weight excluding hydrogens is 232 g/mol. The van der Waals surface area contributed by atoms with Gasteiger partial charge in [-0.2, -0.15) is 0 Å². The van der Waals surface area contributed by atoms with Crippen LogP contribution in [0, 0.1) is 33.6 Å². The number of nitrogens with two attached hydrogens (primary N) is 1. The lowest BCUT2D eigenvalue weighted by molar-refractivity contribution is 0.122. The maximum atomic E-state index is 6.00. The molecule has 2 N–H and O–H groups in total. The van der Waals surface area contributed by atoms with Crippen LogP contribution in [0.3, 0.4) is 0 Å². The Morgan fingerprint density at radius 2 is 1.53 bits per heavy atom. The molecule has 0 spiro atoms. The minimum atomic E-state index is 0.416. The van der Waals surface area contributed by atoms with E-state index < -0.39 is 0 Å². The molecule has 1 atom stereocenters. The van der Waals surface area contributed by atoms with Gasteiger partial charge in [-0.1, -0.05) is 6.07 Å². The summed E-state index contributed by atoms with van der Waals surface area (Å²) in [7, 11) is 4.40. The van der Waals surface area contributed by atoms with Crippen LogP contribution in [-0.2, 0) is 0 Å². The molecule has 0 aliphatic heterocycles. The quantitative estimate of drug-likeness (QED) is 0.904. The third-order valence-corrected chi connectivity index (χ3v) is 4.93. The van der Waals surface area contributed by atoms with Gasteiger partial charge >= 0.3 is 0 Å². The van der Waals surface area contributed by atoms with E-state index in [0.717, 1.165) is 12.8 Å². The monoisotopic (exact) mass is 260 g/mol. The molecule has 1 saturated carbocycles. The van der Waals surface area contributed by atoms with Crippen LogP contribution >= 0.6 is 0 Å². The lowest BCUT2D eigenvalue weighted by atomic mass is 9.71. The summed E-state index contributed by atoms with van der Waals surface area (Å²) in [5.74, 6) is 0.712. The Labute approximate surface area is 118 Å². The molecule has 1 aliphatic carbocycles. The van der Waals surface area contributed by atoms with Gasteiger partial charge in [0.25, 0.3) is 0 Å². The first kappa shape index (κ1) is 14.5. The summed E-state index contributed by atoms with van der Waals surface area (Å²) >= 11 is 0. The highest BCUT2D eigenvalue weighted by atomic mass is 15.1. The second-order valence-electron chi connectivity index (χ2n) is 6.57. The van der Waals surface area contributed by atoms with Crippen molar-refractivity contribution in [3.8, 4) is 0 Å². The summed E-state index contributed by atoms with van der Waals surface area (Å²) in [5.41, 5.74) is 13.3. The van der Waals surface area contributed by atoms with Crippen LogP contribution in [0.15, 0.2) is 6.07 Å². The molecule has 1 aliphatic rings. The molecule has 2 heteroatoms. The van der Waals surface area contributed by atoms with Crippen molar-refractivity contribution in [2.45, 2.75) is 52.6 Å². The molecule has 1 aromatic carbocycles. The highest BCUT2D eigenvalue weighted by Crippen LogP contribution is 2.43. The molecule has 19 heavy (non-hydrogen) atoms. The van der Waals surface area contributed by atoms with E-state index in [1.807, 2.05) is 0 Å². The van der Waals surface area contributed by atoms with Gasteiger partial charge in [0.2, 0.25) is 0 Å². The van der Waals surface area contributed by atoms with E-state index in [-0.39, 0.29) is 0 Å². The molecular formula is C17H28N2. The van der Waals surface area contributed by atoms with Gasteiger partial charge in [-0.05, 0) is 88.4 Å². The smallest absolute Gasteiger partial charge is 0.0376 e. The average molecular weight is 260 g/mol. The number of benzene rings is 1. The molecule has 1 unspecified atom stereocenters. The molecule has 0 radical (unpaired) electrons. The second kappa shape index (κ2) is 5.26. The van der Waals surface area contributed by atoms with Gasteiger partial charge in [0.1, 0.15) is 0 Å². The van der Waals surface area contributed by atoms with Gasteiger partial charge in [-0.3, -0.25) is 0 Å². The minimum absolute atomic E-state index is 0.416. The normalized spacial score (nSPS) is 24.4. The van der Waals surface area contributed by atoms with Gasteiger partial charge in [0.15, 0.2) is 0 Å². The molecule has 0 bridgehead atoms. The lowest BCUT2D eigenvalue weighted by Crippen LogP contribution is -2.43. The predicted octanol–water partition coefficient (Wildman–Crippen LogP) is 3.26. The third-order valence-electron chi connectivity index (χ3n) is 4.93. The Morgan fingerprint density at radius 3 is 1.89 bits per heavy atom. The molecule has 0 saturated heterocycles. The first-order valence-corrected chi connectivity index (χ1v) is 7.32. The number of aryl methyl sites for hydroxylation is 2. The van der Waals surface area contributed by atoms with E-state index in [1.165, 1.54) is 22.3 Å². The van der Waals surface area contributed by atoms with Crippen LogP contribution in [0.2, 0.25) is 0 Å². The first-order valence-electron chi connectivity index (χ1n) is 7.32. The highest BCUT2D eigenvalue weighted by molar-refractivity contribution is 5.46. The molecule has 1 fully saturated rings. The number of rotatable bonds is 3. The zero-order valence-electron chi connectivity index (χ0n) is 13.2. The summed E-state index contributed by atoms with van der Waals surface area (Å²) in [4.78, 5) is 2.38. The fraction of sp³-hybridized carbons (Fsp3) is 0.647. The van der Waals surface area contributed by atoms with Crippen molar-refractivity contribution in [3.63, 3.8) is 0 Å². The summed E-state index contributed by atoms with van der Waals surface area (Å²) in [5, 5.41) is 0. The van der Waals surface area contributed by atoms with Crippen molar-refractivity contribution >= 4 is 0 Å². The zero-order chi connectivity index (χ0) is 14.3. The Balaban J connectivity index is 2.47. The molecule has 2 rings (SSSR count). The first-order chi connectivity index (χ1) is 8.82. The fourth-order valence-corrected chi connectivity index (χ4v) is 3.57. The minimum Gasteiger partial charge on any atom is -0.328 e. The summed E-state index contributed by atoms with van der Waals surface area (Å²) in [6, 6.07) is 3.24. The molecule has 106 valence electrons. The third kappa shape index (κ3) is 2.56. The fourth-order valence-electron chi connectivity index (χ4n) is 3.57. The van der Waals surface area contributed by atoms with Crippen LogP contribution in [-0.4, -0.2) is 25.0 Å². The average Bonchev–Trinajstić information content (AvgIpc) is 2.28. The van der Waals surface area contributed by atoms with E-state index in [1.54, 1.807) is 5.56 Å². The van der Waals surface area contributed by atoms with Crippen LogP contribution in [0.1, 0.15) is 46.7 Å². The Morgan fingerprint density at radius 1 is 1.05 bits per heavy atom. The molecule has 0 aromatic heterocycles. The van der Waals surface area contributed by atoms with Crippen molar-refractivity contribution in [1.82, 2.24) is 4.90 Å². The van der Waals surface area contributed by atoms with Crippen LogP contribution in [0.4, 0.5) is 0 Å². The number of hydrogen-bond acceptors (Lipinski definition) is 2. The summed E-state index contributed by atoms with van der Waals surface area (Å²) in [6.07, 6.45) is 2.32. The number of nitrogens with zero attached hydrogens (tertiary/aromatic N) is 1. The lowest BCUT2D eigenvalue weighted by Gasteiger charge is -2.43. The maximum Gasteiger partial charge on any atom is 0.0376 e. The Kier molecular flexibility index (Phi) is 4.03. The predicted molar refractivity (Wildman–Crippen MR) is 82.5 cm³/mol. The van der Waals surface area contributed by atoms with Crippen molar-refractivity contribution < 1.29 is 0 Å². The van der Waals surface area contributed by atoms with Crippen molar-refractivity contribution in [1.29, 1.82) is 0 Å². The topological polar surface area (TPSA) is 29.3 Å². The SMILES string of the molecule is Cc1cc(C)c(C)c(C(C2CC(N)C2)N(C)C)c1C. The van der Waals surface area contributed by atoms with Crippen molar-refractivity contribution in [2.75, 3.05) is 14.1 Å². The molecule has 0 amide bonds.